The Hall–Kier alpha value is -1.06. The number of benzene rings is 1. The number of hydrogen-bond donors (Lipinski definition) is 1. The van der Waals surface area contributed by atoms with E-state index in [0.29, 0.717) is 5.02 Å². The first-order valence-electron chi connectivity index (χ1n) is 5.25. The summed E-state index contributed by atoms with van der Waals surface area (Å²) in [5, 5.41) is 3.89. The van der Waals surface area contributed by atoms with Gasteiger partial charge in [-0.25, -0.2) is 4.98 Å². The molecule has 0 unspecified atom stereocenters. The smallest absolute Gasteiger partial charge is 0.140 e. The first-order valence-corrected chi connectivity index (χ1v) is 6.43. The van der Waals surface area contributed by atoms with E-state index in [-0.39, 0.29) is 0 Å². The Morgan fingerprint density at radius 1 is 1.35 bits per heavy atom. The molecule has 0 bridgehead atoms. The Bertz CT molecular complexity index is 529. The third-order valence-corrected chi connectivity index (χ3v) is 3.16. The van der Waals surface area contributed by atoms with Gasteiger partial charge in [0.25, 0.3) is 0 Å². The Morgan fingerprint density at radius 2 is 2.18 bits per heavy atom. The molecule has 0 fully saturated rings. The lowest BCUT2D eigenvalue weighted by Gasteiger charge is -2.08. The Morgan fingerprint density at radius 3 is 2.88 bits per heavy atom. The maximum atomic E-state index is 5.83. The molecule has 0 saturated carbocycles. The van der Waals surface area contributed by atoms with Crippen molar-refractivity contribution in [3.63, 3.8) is 0 Å². The Balaban J connectivity index is 2.07. The summed E-state index contributed by atoms with van der Waals surface area (Å²) in [4.78, 5) is 4.23. The van der Waals surface area contributed by atoms with Gasteiger partial charge in [0.15, 0.2) is 0 Å². The minimum absolute atomic E-state index is 0.623. The monoisotopic (exact) mass is 310 g/mol. The van der Waals surface area contributed by atoms with Crippen molar-refractivity contribution in [1.29, 1.82) is 0 Å². The quantitative estimate of drug-likeness (QED) is 0.907. The first-order chi connectivity index (χ1) is 8.15. The van der Waals surface area contributed by atoms with E-state index < -0.39 is 0 Å². The van der Waals surface area contributed by atoms with Gasteiger partial charge in [-0.05, 0) is 34.5 Å². The molecule has 0 aliphatic heterocycles. The fourth-order valence-corrected chi connectivity index (χ4v) is 2.33. The van der Waals surface area contributed by atoms with Crippen molar-refractivity contribution in [2.75, 3.05) is 5.32 Å². The predicted octanol–water partition coefficient (Wildman–Crippen LogP) is 4.42. The topological polar surface area (TPSA) is 24.9 Å². The predicted molar refractivity (Wildman–Crippen MR) is 75.5 cm³/mol. The van der Waals surface area contributed by atoms with E-state index in [0.717, 1.165) is 16.8 Å². The number of aromatic nitrogens is 1. The van der Waals surface area contributed by atoms with Gasteiger partial charge in [0.1, 0.15) is 5.82 Å². The number of pyridine rings is 1. The van der Waals surface area contributed by atoms with E-state index in [1.165, 1.54) is 11.1 Å². The number of hydrogen-bond acceptors (Lipinski definition) is 2. The van der Waals surface area contributed by atoms with Crippen molar-refractivity contribution < 1.29 is 0 Å². The Labute approximate surface area is 114 Å². The normalized spacial score (nSPS) is 10.3. The van der Waals surface area contributed by atoms with Gasteiger partial charge in [-0.3, -0.25) is 0 Å². The molecule has 1 heterocycles. The van der Waals surface area contributed by atoms with E-state index in [1.54, 1.807) is 6.20 Å². The van der Waals surface area contributed by atoms with Gasteiger partial charge in [-0.15, -0.1) is 0 Å². The van der Waals surface area contributed by atoms with Crippen LogP contribution in [0.4, 0.5) is 5.82 Å². The van der Waals surface area contributed by atoms with Crippen LogP contribution in [0.5, 0.6) is 0 Å². The lowest BCUT2D eigenvalue weighted by atomic mass is 10.1. The molecule has 0 aliphatic rings. The molecule has 17 heavy (non-hydrogen) atoms. The number of nitrogens with one attached hydrogen (secondary N) is 1. The molecule has 2 nitrogen and oxygen atoms in total. The summed E-state index contributed by atoms with van der Waals surface area (Å²) >= 11 is 9.26. The highest BCUT2D eigenvalue weighted by molar-refractivity contribution is 9.10. The average molecular weight is 312 g/mol. The van der Waals surface area contributed by atoms with Crippen molar-refractivity contribution in [2.45, 2.75) is 13.5 Å². The first kappa shape index (κ1) is 12.4. The van der Waals surface area contributed by atoms with Gasteiger partial charge in [0.2, 0.25) is 0 Å². The zero-order valence-corrected chi connectivity index (χ0v) is 11.7. The minimum Gasteiger partial charge on any atom is -0.365 e. The summed E-state index contributed by atoms with van der Waals surface area (Å²) < 4.78 is 0.873. The minimum atomic E-state index is 0.623. The zero-order valence-electron chi connectivity index (χ0n) is 9.37. The summed E-state index contributed by atoms with van der Waals surface area (Å²) in [7, 11) is 0. The second-order valence-corrected chi connectivity index (χ2v) is 5.12. The zero-order chi connectivity index (χ0) is 12.3. The number of aryl methyl sites for hydroxylation is 1. The van der Waals surface area contributed by atoms with Crippen LogP contribution in [0, 0.1) is 6.92 Å². The van der Waals surface area contributed by atoms with Crippen LogP contribution in [0.2, 0.25) is 5.02 Å². The van der Waals surface area contributed by atoms with Crippen molar-refractivity contribution in [2.24, 2.45) is 0 Å². The fraction of sp³-hybridized carbons (Fsp3) is 0.154. The molecule has 0 amide bonds. The molecular formula is C13H12BrClN2. The third-order valence-electron chi connectivity index (χ3n) is 2.35. The second-order valence-electron chi connectivity index (χ2n) is 3.83. The lowest BCUT2D eigenvalue weighted by molar-refractivity contribution is 1.10. The van der Waals surface area contributed by atoms with Crippen LogP contribution in [0.1, 0.15) is 11.1 Å². The molecule has 2 rings (SSSR count). The highest BCUT2D eigenvalue weighted by Crippen LogP contribution is 2.23. The number of rotatable bonds is 3. The largest absolute Gasteiger partial charge is 0.365 e. The average Bonchev–Trinajstić information content (AvgIpc) is 2.28. The molecule has 1 aromatic carbocycles. The van der Waals surface area contributed by atoms with Gasteiger partial charge in [0.05, 0.1) is 9.50 Å². The number of halogens is 2. The molecule has 4 heteroatoms. The highest BCUT2D eigenvalue weighted by Gasteiger charge is 2.02. The van der Waals surface area contributed by atoms with Crippen molar-refractivity contribution in [3.05, 3.63) is 57.2 Å². The summed E-state index contributed by atoms with van der Waals surface area (Å²) in [6.45, 7) is 2.83. The second kappa shape index (κ2) is 5.52. The molecule has 0 aliphatic carbocycles. The third kappa shape index (κ3) is 3.45. The van der Waals surface area contributed by atoms with Crippen LogP contribution in [0.3, 0.4) is 0 Å². The number of anilines is 1. The highest BCUT2D eigenvalue weighted by atomic mass is 79.9. The summed E-state index contributed by atoms with van der Waals surface area (Å²) in [5.74, 6) is 0.802. The van der Waals surface area contributed by atoms with Crippen LogP contribution >= 0.6 is 27.5 Å². The SMILES string of the molecule is Cc1cccc(CNc2ncc(Cl)cc2Br)c1. The van der Waals surface area contributed by atoms with Gasteiger partial charge in [-0.2, -0.15) is 0 Å². The van der Waals surface area contributed by atoms with Gasteiger partial charge in [0, 0.05) is 12.7 Å². The Kier molecular flexibility index (Phi) is 4.02. The maximum absolute atomic E-state index is 5.83. The molecule has 2 aromatic rings. The van der Waals surface area contributed by atoms with Crippen LogP contribution in [0.15, 0.2) is 41.0 Å². The van der Waals surface area contributed by atoms with E-state index in [2.05, 4.69) is 57.4 Å². The summed E-state index contributed by atoms with van der Waals surface area (Å²) in [6, 6.07) is 10.2. The van der Waals surface area contributed by atoms with Crippen molar-refractivity contribution in [3.8, 4) is 0 Å². The summed E-state index contributed by atoms with van der Waals surface area (Å²) in [5.41, 5.74) is 2.49. The maximum Gasteiger partial charge on any atom is 0.140 e. The molecular weight excluding hydrogens is 300 g/mol. The molecule has 1 N–H and O–H groups in total. The fourth-order valence-electron chi connectivity index (χ4n) is 1.55. The van der Waals surface area contributed by atoms with Gasteiger partial charge in [-0.1, -0.05) is 41.4 Å². The van der Waals surface area contributed by atoms with Gasteiger partial charge >= 0.3 is 0 Å². The van der Waals surface area contributed by atoms with Crippen LogP contribution in [-0.2, 0) is 6.54 Å². The van der Waals surface area contributed by atoms with E-state index >= 15 is 0 Å². The van der Waals surface area contributed by atoms with Crippen molar-refractivity contribution in [1.82, 2.24) is 4.98 Å². The lowest BCUT2D eigenvalue weighted by Crippen LogP contribution is -2.02. The van der Waals surface area contributed by atoms with Crippen LogP contribution in [-0.4, -0.2) is 4.98 Å². The molecule has 0 saturated heterocycles. The van der Waals surface area contributed by atoms with Crippen molar-refractivity contribution >= 4 is 33.3 Å². The van der Waals surface area contributed by atoms with E-state index in [9.17, 15) is 0 Å². The molecule has 1 aromatic heterocycles. The number of nitrogens with zero attached hydrogens (tertiary/aromatic N) is 1. The standard InChI is InChI=1S/C13H12BrClN2/c1-9-3-2-4-10(5-9)7-16-13-12(14)6-11(15)8-17-13/h2-6,8H,7H2,1H3,(H,16,17). The molecule has 0 radical (unpaired) electrons. The van der Waals surface area contributed by atoms with E-state index in [1.807, 2.05) is 6.07 Å². The summed E-state index contributed by atoms with van der Waals surface area (Å²) in [6.07, 6.45) is 1.63. The van der Waals surface area contributed by atoms with E-state index in [4.69, 9.17) is 11.6 Å². The molecule has 0 atom stereocenters. The molecule has 88 valence electrons. The van der Waals surface area contributed by atoms with Crippen LogP contribution in [0.25, 0.3) is 0 Å². The molecule has 0 spiro atoms. The van der Waals surface area contributed by atoms with Gasteiger partial charge < -0.3 is 5.32 Å². The van der Waals surface area contributed by atoms with Crippen LogP contribution < -0.4 is 5.32 Å².